The van der Waals surface area contributed by atoms with Crippen molar-refractivity contribution in [2.45, 2.75) is 13.8 Å². The number of pyridine rings is 3. The van der Waals surface area contributed by atoms with Crippen molar-refractivity contribution in [2.24, 2.45) is 10.2 Å². The summed E-state index contributed by atoms with van der Waals surface area (Å²) in [5.41, 5.74) is 8.14. The highest BCUT2D eigenvalue weighted by atomic mass is 16.2. The normalized spacial score (nSPS) is 11.7. The molecule has 3 aromatic rings. The number of carbonyl (C=O) groups is 2. The van der Waals surface area contributed by atoms with Gasteiger partial charge < -0.3 is 0 Å². The molecule has 0 aliphatic rings. The molecule has 3 aromatic heterocycles. The smallest absolute Gasteiger partial charge is 0.267 e. The first-order chi connectivity index (χ1) is 14.6. The SMILES string of the molecule is CC(=NNC(=O)c1ccncc1)c1cccnc1C(C)=NNC(=O)c1ccncc1. The van der Waals surface area contributed by atoms with Crippen LogP contribution in [0.25, 0.3) is 0 Å². The van der Waals surface area contributed by atoms with Gasteiger partial charge in [-0.2, -0.15) is 10.2 Å². The van der Waals surface area contributed by atoms with Crippen molar-refractivity contribution in [2.75, 3.05) is 0 Å². The van der Waals surface area contributed by atoms with E-state index in [0.717, 1.165) is 0 Å². The molecular formula is C21H19N7O2. The van der Waals surface area contributed by atoms with Gasteiger partial charge in [-0.3, -0.25) is 24.5 Å². The van der Waals surface area contributed by atoms with E-state index in [9.17, 15) is 9.59 Å². The molecule has 2 N–H and O–H groups in total. The number of hydrogen-bond acceptors (Lipinski definition) is 7. The van der Waals surface area contributed by atoms with Crippen molar-refractivity contribution in [1.29, 1.82) is 0 Å². The van der Waals surface area contributed by atoms with Crippen LogP contribution in [0.2, 0.25) is 0 Å². The summed E-state index contributed by atoms with van der Waals surface area (Å²) in [6.07, 6.45) is 7.74. The second-order valence-corrected chi connectivity index (χ2v) is 6.15. The first kappa shape index (κ1) is 20.5. The predicted molar refractivity (Wildman–Crippen MR) is 112 cm³/mol. The summed E-state index contributed by atoms with van der Waals surface area (Å²) in [4.78, 5) is 36.4. The molecule has 0 saturated carbocycles. The maximum Gasteiger partial charge on any atom is 0.271 e. The third-order valence-corrected chi connectivity index (χ3v) is 4.08. The van der Waals surface area contributed by atoms with Crippen LogP contribution < -0.4 is 10.9 Å². The maximum absolute atomic E-state index is 12.2. The van der Waals surface area contributed by atoms with Gasteiger partial charge in [0.15, 0.2) is 0 Å². The van der Waals surface area contributed by atoms with Gasteiger partial charge in [-0.05, 0) is 50.2 Å². The number of aromatic nitrogens is 3. The van der Waals surface area contributed by atoms with E-state index < -0.39 is 0 Å². The van der Waals surface area contributed by atoms with E-state index in [1.54, 1.807) is 50.4 Å². The standard InChI is InChI=1S/C21H19N7O2/c1-14(25-27-20(29)16-5-10-22-11-6-16)18-4-3-9-24-19(18)15(2)26-28-21(30)17-7-12-23-13-8-17/h3-13H,1-2H3,(H,27,29)(H,28,30). The van der Waals surface area contributed by atoms with Crippen molar-refractivity contribution in [3.05, 3.63) is 89.8 Å². The summed E-state index contributed by atoms with van der Waals surface area (Å²) in [7, 11) is 0. The first-order valence-electron chi connectivity index (χ1n) is 9.01. The minimum absolute atomic E-state index is 0.350. The number of nitrogens with zero attached hydrogens (tertiary/aromatic N) is 5. The summed E-state index contributed by atoms with van der Waals surface area (Å²) in [5, 5.41) is 8.31. The summed E-state index contributed by atoms with van der Waals surface area (Å²) < 4.78 is 0. The van der Waals surface area contributed by atoms with Crippen molar-refractivity contribution >= 4 is 23.2 Å². The molecule has 0 saturated heterocycles. The average Bonchev–Trinajstić information content (AvgIpc) is 2.81. The van der Waals surface area contributed by atoms with Crippen LogP contribution >= 0.6 is 0 Å². The third kappa shape index (κ3) is 5.16. The van der Waals surface area contributed by atoms with E-state index in [0.29, 0.717) is 33.8 Å². The van der Waals surface area contributed by atoms with Gasteiger partial charge in [-0.1, -0.05) is 0 Å². The lowest BCUT2D eigenvalue weighted by Crippen LogP contribution is -2.22. The number of nitrogens with one attached hydrogen (secondary N) is 2. The molecule has 0 aromatic carbocycles. The topological polar surface area (TPSA) is 122 Å². The average molecular weight is 401 g/mol. The van der Waals surface area contributed by atoms with E-state index in [4.69, 9.17) is 0 Å². The van der Waals surface area contributed by atoms with Gasteiger partial charge in [0.2, 0.25) is 0 Å². The van der Waals surface area contributed by atoms with Gasteiger partial charge in [-0.25, -0.2) is 10.9 Å². The van der Waals surface area contributed by atoms with Crippen LogP contribution in [0.15, 0.2) is 77.6 Å². The fourth-order valence-electron chi connectivity index (χ4n) is 2.50. The second kappa shape index (κ2) is 9.78. The Labute approximate surface area is 173 Å². The minimum Gasteiger partial charge on any atom is -0.267 e. The Morgan fingerprint density at radius 1 is 0.733 bits per heavy atom. The van der Waals surface area contributed by atoms with E-state index in [1.165, 1.54) is 24.8 Å². The molecule has 0 radical (unpaired) electrons. The van der Waals surface area contributed by atoms with Crippen LogP contribution in [0.4, 0.5) is 0 Å². The Balaban J connectivity index is 1.76. The van der Waals surface area contributed by atoms with Crippen molar-refractivity contribution in [3.8, 4) is 0 Å². The highest BCUT2D eigenvalue weighted by Crippen LogP contribution is 2.09. The van der Waals surface area contributed by atoms with E-state index in [2.05, 4.69) is 36.0 Å². The quantitative estimate of drug-likeness (QED) is 0.484. The Hall–Kier alpha value is -4.27. The van der Waals surface area contributed by atoms with Crippen LogP contribution in [0, 0.1) is 0 Å². The van der Waals surface area contributed by atoms with Crippen molar-refractivity contribution in [1.82, 2.24) is 25.8 Å². The number of hydrazone groups is 2. The summed E-state index contributed by atoms with van der Waals surface area (Å²) in [6.45, 7) is 3.47. The Bertz CT molecular complexity index is 1010. The molecule has 0 aliphatic heterocycles. The summed E-state index contributed by atoms with van der Waals surface area (Å²) >= 11 is 0. The van der Waals surface area contributed by atoms with Crippen LogP contribution in [0.1, 0.15) is 45.8 Å². The lowest BCUT2D eigenvalue weighted by atomic mass is 10.1. The van der Waals surface area contributed by atoms with E-state index in [-0.39, 0.29) is 11.8 Å². The van der Waals surface area contributed by atoms with Crippen molar-refractivity contribution < 1.29 is 9.59 Å². The number of amides is 2. The van der Waals surface area contributed by atoms with Crippen LogP contribution in [-0.2, 0) is 0 Å². The van der Waals surface area contributed by atoms with Crippen LogP contribution in [0.5, 0.6) is 0 Å². The zero-order valence-electron chi connectivity index (χ0n) is 16.4. The molecule has 150 valence electrons. The number of carbonyl (C=O) groups excluding carboxylic acids is 2. The second-order valence-electron chi connectivity index (χ2n) is 6.15. The zero-order chi connectivity index (χ0) is 21.3. The Morgan fingerprint density at radius 2 is 1.23 bits per heavy atom. The summed E-state index contributed by atoms with van der Waals surface area (Å²) in [6, 6.07) is 9.94. The van der Waals surface area contributed by atoms with Gasteiger partial charge in [-0.15, -0.1) is 0 Å². The highest BCUT2D eigenvalue weighted by molar-refractivity contribution is 6.10. The zero-order valence-corrected chi connectivity index (χ0v) is 16.4. The number of rotatable bonds is 6. The third-order valence-electron chi connectivity index (χ3n) is 4.08. The van der Waals surface area contributed by atoms with Gasteiger partial charge in [0, 0.05) is 47.7 Å². The molecule has 3 heterocycles. The van der Waals surface area contributed by atoms with Crippen LogP contribution in [-0.4, -0.2) is 38.2 Å². The highest BCUT2D eigenvalue weighted by Gasteiger charge is 2.12. The molecular weight excluding hydrogens is 382 g/mol. The Morgan fingerprint density at radius 3 is 1.77 bits per heavy atom. The molecule has 9 nitrogen and oxygen atoms in total. The van der Waals surface area contributed by atoms with Gasteiger partial charge in [0.1, 0.15) is 0 Å². The molecule has 30 heavy (non-hydrogen) atoms. The van der Waals surface area contributed by atoms with Gasteiger partial charge in [0.05, 0.1) is 17.1 Å². The summed E-state index contributed by atoms with van der Waals surface area (Å²) in [5.74, 6) is -0.707. The predicted octanol–water partition coefficient (Wildman–Crippen LogP) is 2.18. The molecule has 0 spiro atoms. The lowest BCUT2D eigenvalue weighted by molar-refractivity contribution is 0.0946. The van der Waals surface area contributed by atoms with E-state index in [1.807, 2.05) is 6.07 Å². The molecule has 0 fully saturated rings. The molecule has 2 amide bonds. The molecule has 0 aliphatic carbocycles. The molecule has 9 heteroatoms. The van der Waals surface area contributed by atoms with E-state index >= 15 is 0 Å². The minimum atomic E-state index is -0.357. The molecule has 0 unspecified atom stereocenters. The molecule has 0 atom stereocenters. The fourth-order valence-corrected chi connectivity index (χ4v) is 2.50. The van der Waals surface area contributed by atoms with Gasteiger partial charge in [0.25, 0.3) is 11.8 Å². The number of hydrogen-bond donors (Lipinski definition) is 2. The lowest BCUT2D eigenvalue weighted by Gasteiger charge is -2.09. The maximum atomic E-state index is 12.2. The van der Waals surface area contributed by atoms with Gasteiger partial charge >= 0.3 is 0 Å². The monoisotopic (exact) mass is 401 g/mol. The largest absolute Gasteiger partial charge is 0.271 e. The molecule has 0 bridgehead atoms. The Kier molecular flexibility index (Phi) is 6.67. The van der Waals surface area contributed by atoms with Crippen LogP contribution in [0.3, 0.4) is 0 Å². The fraction of sp³-hybridized carbons (Fsp3) is 0.0952. The van der Waals surface area contributed by atoms with Crippen molar-refractivity contribution in [3.63, 3.8) is 0 Å². The first-order valence-corrected chi connectivity index (χ1v) is 9.01. The molecule has 3 rings (SSSR count).